The maximum Gasteiger partial charge on any atom is 0.224 e. The molecule has 0 heterocycles. The van der Waals surface area contributed by atoms with E-state index in [9.17, 15) is 14.9 Å². The largest absolute Gasteiger partial charge is 0.326 e. The molecular weight excluding hydrogens is 383 g/mol. The quantitative estimate of drug-likeness (QED) is 0.727. The highest BCUT2D eigenvalue weighted by molar-refractivity contribution is 6.42. The molecule has 4 nitrogen and oxygen atoms in total. The van der Waals surface area contributed by atoms with E-state index in [0.717, 1.165) is 0 Å². The molecule has 0 aliphatic rings. The van der Waals surface area contributed by atoms with Gasteiger partial charge in [-0.2, -0.15) is 5.26 Å². The molecule has 0 saturated carbocycles. The summed E-state index contributed by atoms with van der Waals surface area (Å²) >= 11 is 17.5. The van der Waals surface area contributed by atoms with Gasteiger partial charge < -0.3 is 5.32 Å². The number of carbonyl (C=O) groups is 2. The monoisotopic (exact) mass is 394 g/mol. The highest BCUT2D eigenvalue weighted by Gasteiger charge is 2.20. The van der Waals surface area contributed by atoms with Gasteiger partial charge in [0.2, 0.25) is 5.91 Å². The molecule has 0 saturated heterocycles. The number of halogens is 3. The zero-order chi connectivity index (χ0) is 18.4. The Morgan fingerprint density at radius 3 is 2.28 bits per heavy atom. The van der Waals surface area contributed by atoms with Crippen molar-refractivity contribution in [2.75, 3.05) is 5.32 Å². The Hall–Kier alpha value is -2.06. The van der Waals surface area contributed by atoms with Gasteiger partial charge in [-0.05, 0) is 35.9 Å². The molecule has 1 atom stereocenters. The fourth-order valence-corrected chi connectivity index (χ4v) is 2.59. The molecule has 0 fully saturated rings. The van der Waals surface area contributed by atoms with Crippen LogP contribution in [0.15, 0.2) is 42.5 Å². The van der Waals surface area contributed by atoms with Crippen molar-refractivity contribution in [1.29, 1.82) is 5.26 Å². The van der Waals surface area contributed by atoms with Gasteiger partial charge >= 0.3 is 0 Å². The number of anilines is 1. The lowest BCUT2D eigenvalue weighted by Gasteiger charge is -2.09. The van der Waals surface area contributed by atoms with E-state index in [-0.39, 0.29) is 24.5 Å². The number of Topliss-reactive ketones (excluding diaryl/α,β-unsaturated/α-hetero) is 1. The number of rotatable bonds is 6. The first-order chi connectivity index (χ1) is 11.9. The molecule has 0 bridgehead atoms. The predicted octanol–water partition coefficient (Wildman–Crippen LogP) is 5.24. The molecule has 7 heteroatoms. The van der Waals surface area contributed by atoms with Gasteiger partial charge in [-0.3, -0.25) is 9.59 Å². The van der Waals surface area contributed by atoms with Crippen LogP contribution < -0.4 is 5.32 Å². The van der Waals surface area contributed by atoms with Crippen molar-refractivity contribution >= 4 is 52.2 Å². The molecule has 25 heavy (non-hydrogen) atoms. The summed E-state index contributed by atoms with van der Waals surface area (Å²) in [5.74, 6) is -1.59. The number of ketones is 1. The minimum Gasteiger partial charge on any atom is -0.326 e. The summed E-state index contributed by atoms with van der Waals surface area (Å²) in [4.78, 5) is 24.2. The SMILES string of the molecule is N#C[C@@H](C(=O)CCC(=O)Nc1ccc(Cl)c(Cl)c1)c1ccc(Cl)cc1. The maximum atomic E-state index is 12.2. The molecule has 128 valence electrons. The van der Waals surface area contributed by atoms with Crippen LogP contribution in [-0.4, -0.2) is 11.7 Å². The van der Waals surface area contributed by atoms with Crippen LogP contribution in [0, 0.1) is 11.3 Å². The first kappa shape index (κ1) is 19.3. The van der Waals surface area contributed by atoms with Crippen molar-refractivity contribution in [2.45, 2.75) is 18.8 Å². The van der Waals surface area contributed by atoms with Crippen LogP contribution in [0.25, 0.3) is 0 Å². The topological polar surface area (TPSA) is 70.0 Å². The molecule has 0 unspecified atom stereocenters. The number of amides is 1. The second-order valence-corrected chi connectivity index (χ2v) is 6.51. The first-order valence-electron chi connectivity index (χ1n) is 7.33. The van der Waals surface area contributed by atoms with Crippen LogP contribution >= 0.6 is 34.8 Å². The first-order valence-corrected chi connectivity index (χ1v) is 8.47. The van der Waals surface area contributed by atoms with Gasteiger partial charge in [0, 0.05) is 23.6 Å². The summed E-state index contributed by atoms with van der Waals surface area (Å²) in [6.07, 6.45) is -0.0845. The molecule has 0 aromatic heterocycles. The standard InChI is InChI=1S/C18H13Cl3N2O2/c19-12-3-1-11(2-4-12)14(10-22)17(24)7-8-18(25)23-13-5-6-15(20)16(21)9-13/h1-6,9,14H,7-8H2,(H,23,25)/t14-/m1/s1. The molecule has 0 aliphatic heterocycles. The number of nitrogens with zero attached hydrogens (tertiary/aromatic N) is 1. The fourth-order valence-electron chi connectivity index (χ4n) is 2.17. The van der Waals surface area contributed by atoms with Crippen LogP contribution in [0.5, 0.6) is 0 Å². The molecule has 2 rings (SSSR count). The van der Waals surface area contributed by atoms with Crippen molar-refractivity contribution in [3.8, 4) is 6.07 Å². The Bertz CT molecular complexity index is 829. The van der Waals surface area contributed by atoms with E-state index in [2.05, 4.69) is 5.32 Å². The average molecular weight is 396 g/mol. The molecule has 1 N–H and O–H groups in total. The third kappa shape index (κ3) is 5.47. The lowest BCUT2D eigenvalue weighted by molar-refractivity contribution is -0.123. The van der Waals surface area contributed by atoms with Crippen molar-refractivity contribution in [3.63, 3.8) is 0 Å². The molecule has 2 aromatic carbocycles. The van der Waals surface area contributed by atoms with Gasteiger partial charge in [0.1, 0.15) is 5.92 Å². The zero-order valence-electron chi connectivity index (χ0n) is 12.9. The molecule has 2 aromatic rings. The summed E-state index contributed by atoms with van der Waals surface area (Å²) in [5.41, 5.74) is 1.04. The minimum absolute atomic E-state index is 0.0369. The van der Waals surface area contributed by atoms with E-state index < -0.39 is 5.92 Å². The smallest absolute Gasteiger partial charge is 0.224 e. The highest BCUT2D eigenvalue weighted by Crippen LogP contribution is 2.25. The van der Waals surface area contributed by atoms with E-state index in [1.54, 1.807) is 36.4 Å². The molecular formula is C18H13Cl3N2O2. The van der Waals surface area contributed by atoms with Gasteiger partial charge in [0.15, 0.2) is 5.78 Å². The number of hydrogen-bond donors (Lipinski definition) is 1. The third-order valence-electron chi connectivity index (χ3n) is 3.46. The normalized spacial score (nSPS) is 11.4. The lowest BCUT2D eigenvalue weighted by Crippen LogP contribution is -2.16. The van der Waals surface area contributed by atoms with Crippen molar-refractivity contribution < 1.29 is 9.59 Å². The Morgan fingerprint density at radius 1 is 1.00 bits per heavy atom. The highest BCUT2D eigenvalue weighted by atomic mass is 35.5. The van der Waals surface area contributed by atoms with Crippen LogP contribution in [0.2, 0.25) is 15.1 Å². The fraction of sp³-hybridized carbons (Fsp3) is 0.167. The minimum atomic E-state index is -0.921. The number of carbonyl (C=O) groups excluding carboxylic acids is 2. The summed E-state index contributed by atoms with van der Waals surface area (Å²) in [6, 6.07) is 13.2. The molecule has 1 amide bonds. The Balaban J connectivity index is 1.93. The average Bonchev–Trinajstić information content (AvgIpc) is 2.58. The summed E-state index contributed by atoms with van der Waals surface area (Å²) in [6.45, 7) is 0. The molecule has 0 aliphatic carbocycles. The molecule has 0 radical (unpaired) electrons. The van der Waals surface area contributed by atoms with Crippen LogP contribution in [0.3, 0.4) is 0 Å². The second kappa shape index (κ2) is 8.87. The van der Waals surface area contributed by atoms with E-state index in [4.69, 9.17) is 34.8 Å². The van der Waals surface area contributed by atoms with Gasteiger partial charge in [-0.15, -0.1) is 0 Å². The zero-order valence-corrected chi connectivity index (χ0v) is 15.2. The van der Waals surface area contributed by atoms with Crippen molar-refractivity contribution in [3.05, 3.63) is 63.1 Å². The van der Waals surface area contributed by atoms with Gasteiger partial charge in [0.25, 0.3) is 0 Å². The Kier molecular flexibility index (Phi) is 6.83. The van der Waals surface area contributed by atoms with E-state index in [1.165, 1.54) is 6.07 Å². The van der Waals surface area contributed by atoms with E-state index in [0.29, 0.717) is 26.3 Å². The van der Waals surface area contributed by atoms with E-state index >= 15 is 0 Å². The van der Waals surface area contributed by atoms with Crippen molar-refractivity contribution in [2.24, 2.45) is 0 Å². The Labute approximate surface area is 160 Å². The maximum absolute atomic E-state index is 12.2. The number of nitrogens with one attached hydrogen (secondary N) is 1. The third-order valence-corrected chi connectivity index (χ3v) is 4.45. The summed E-state index contributed by atoms with van der Waals surface area (Å²) < 4.78 is 0. The summed E-state index contributed by atoms with van der Waals surface area (Å²) in [5, 5.41) is 13.1. The van der Waals surface area contributed by atoms with E-state index in [1.807, 2.05) is 6.07 Å². The summed E-state index contributed by atoms with van der Waals surface area (Å²) in [7, 11) is 0. The second-order valence-electron chi connectivity index (χ2n) is 5.26. The van der Waals surface area contributed by atoms with Gasteiger partial charge in [0.05, 0.1) is 16.1 Å². The van der Waals surface area contributed by atoms with Crippen LogP contribution in [0.4, 0.5) is 5.69 Å². The van der Waals surface area contributed by atoms with Crippen LogP contribution in [-0.2, 0) is 9.59 Å². The van der Waals surface area contributed by atoms with Gasteiger partial charge in [-0.25, -0.2) is 0 Å². The number of nitriles is 1. The van der Waals surface area contributed by atoms with Gasteiger partial charge in [-0.1, -0.05) is 46.9 Å². The predicted molar refractivity (Wildman–Crippen MR) is 99.1 cm³/mol. The lowest BCUT2D eigenvalue weighted by atomic mass is 9.93. The van der Waals surface area contributed by atoms with Crippen LogP contribution in [0.1, 0.15) is 24.3 Å². The molecule has 0 spiro atoms. The number of hydrogen-bond acceptors (Lipinski definition) is 3. The number of benzene rings is 2. The van der Waals surface area contributed by atoms with Crippen molar-refractivity contribution in [1.82, 2.24) is 0 Å². The Morgan fingerprint density at radius 2 is 1.68 bits per heavy atom.